The van der Waals surface area contributed by atoms with E-state index in [4.69, 9.17) is 9.41 Å². The molecule has 50 heavy (non-hydrogen) atoms. The van der Waals surface area contributed by atoms with E-state index in [2.05, 4.69) is 154 Å². The van der Waals surface area contributed by atoms with E-state index in [-0.39, 0.29) is 6.04 Å². The summed E-state index contributed by atoms with van der Waals surface area (Å²) in [6.07, 6.45) is 0. The van der Waals surface area contributed by atoms with Crippen LogP contribution in [0.2, 0.25) is 0 Å². The van der Waals surface area contributed by atoms with Gasteiger partial charge in [-0.25, -0.2) is 4.99 Å². The molecule has 1 aliphatic rings. The van der Waals surface area contributed by atoms with Crippen LogP contribution in [0.3, 0.4) is 0 Å². The highest BCUT2D eigenvalue weighted by atomic mass is 16.3. The molecule has 0 fully saturated rings. The summed E-state index contributed by atoms with van der Waals surface area (Å²) in [4.78, 5) is 7.87. The lowest BCUT2D eigenvalue weighted by Gasteiger charge is -2.34. The Balaban J connectivity index is 1.32. The van der Waals surface area contributed by atoms with Crippen LogP contribution < -0.4 is 0 Å². The van der Waals surface area contributed by atoms with E-state index in [0.717, 1.165) is 39.5 Å². The molecule has 234 valence electrons. The van der Waals surface area contributed by atoms with Gasteiger partial charge in [0.25, 0.3) is 0 Å². The van der Waals surface area contributed by atoms with E-state index in [9.17, 15) is 0 Å². The molecule has 0 saturated heterocycles. The first kappa shape index (κ1) is 26.4. The number of benzene rings is 7. The zero-order valence-corrected chi connectivity index (χ0v) is 27.1. The molecule has 0 spiro atoms. The highest BCUT2D eigenvalue weighted by Gasteiger charge is 2.36. The zero-order valence-electron chi connectivity index (χ0n) is 27.1. The number of aliphatic imine (C=N–C) groups is 1. The van der Waals surface area contributed by atoms with Gasteiger partial charge >= 0.3 is 0 Å². The highest BCUT2D eigenvalue weighted by Crippen LogP contribution is 2.49. The van der Waals surface area contributed by atoms with Crippen molar-refractivity contribution in [1.29, 1.82) is 0 Å². The average molecular weight is 641 g/mol. The number of aromatic nitrogens is 2. The summed E-state index contributed by atoms with van der Waals surface area (Å²) in [7, 11) is 2.16. The van der Waals surface area contributed by atoms with E-state index >= 15 is 0 Å². The molecule has 5 nitrogen and oxygen atoms in total. The summed E-state index contributed by atoms with van der Waals surface area (Å²) in [6, 6.07) is 52.2. The molecule has 0 amide bonds. The average Bonchev–Trinajstić information content (AvgIpc) is 3.90. The monoisotopic (exact) mass is 640 g/mol. The van der Waals surface area contributed by atoms with Crippen LogP contribution in [-0.2, 0) is 0 Å². The molecular formula is C45H28N4O. The molecule has 0 N–H and O–H groups in total. The van der Waals surface area contributed by atoms with E-state index in [1.807, 2.05) is 12.1 Å². The molecule has 7 aromatic carbocycles. The largest absolute Gasteiger partial charge is 0.456 e. The summed E-state index contributed by atoms with van der Waals surface area (Å²) in [6.45, 7) is 0. The van der Waals surface area contributed by atoms with Crippen LogP contribution in [0.5, 0.6) is 0 Å². The van der Waals surface area contributed by atoms with Gasteiger partial charge in [0, 0.05) is 44.8 Å². The molecule has 1 unspecified atom stereocenters. The summed E-state index contributed by atoms with van der Waals surface area (Å²) in [5.41, 5.74) is 8.91. The lowest BCUT2D eigenvalue weighted by molar-refractivity contribution is 0.352. The van der Waals surface area contributed by atoms with Gasteiger partial charge in [-0.3, -0.25) is 4.57 Å². The molecule has 12 rings (SSSR count). The third-order valence-electron chi connectivity index (χ3n) is 11.1. The van der Waals surface area contributed by atoms with Crippen LogP contribution in [-0.4, -0.2) is 26.9 Å². The smallest absolute Gasteiger partial charge is 0.211 e. The number of rotatable bonds is 1. The predicted octanol–water partition coefficient (Wildman–Crippen LogP) is 11.4. The van der Waals surface area contributed by atoms with E-state index in [1.165, 1.54) is 65.2 Å². The van der Waals surface area contributed by atoms with Gasteiger partial charge < -0.3 is 13.7 Å². The van der Waals surface area contributed by atoms with Crippen molar-refractivity contribution >= 4 is 93.3 Å². The number of furan rings is 1. The molecule has 0 bridgehead atoms. The van der Waals surface area contributed by atoms with Crippen molar-refractivity contribution in [3.05, 3.63) is 157 Å². The van der Waals surface area contributed by atoms with Gasteiger partial charge in [0.05, 0.1) is 27.6 Å². The summed E-state index contributed by atoms with van der Waals surface area (Å²) in [5, 5.41) is 11.0. The van der Waals surface area contributed by atoms with Gasteiger partial charge in [-0.1, -0.05) is 109 Å². The molecule has 4 aromatic heterocycles. The minimum absolute atomic E-state index is 0.167. The van der Waals surface area contributed by atoms with E-state index < -0.39 is 0 Å². The fraction of sp³-hybridized carbons (Fsp3) is 0.0444. The van der Waals surface area contributed by atoms with Crippen molar-refractivity contribution in [3.8, 4) is 0 Å². The quantitative estimate of drug-likeness (QED) is 0.179. The number of fused-ring (bicyclic) bond motifs is 15. The summed E-state index contributed by atoms with van der Waals surface area (Å²) < 4.78 is 11.6. The van der Waals surface area contributed by atoms with Gasteiger partial charge in [0.2, 0.25) is 5.96 Å². The molecule has 0 aliphatic carbocycles. The molecule has 0 radical (unpaired) electrons. The third-order valence-corrected chi connectivity index (χ3v) is 11.1. The molecular weight excluding hydrogens is 613 g/mol. The Morgan fingerprint density at radius 1 is 0.540 bits per heavy atom. The lowest BCUT2D eigenvalue weighted by atomic mass is 9.99. The Hall–Kier alpha value is -6.59. The molecule has 1 aliphatic heterocycles. The van der Waals surface area contributed by atoms with Crippen molar-refractivity contribution in [3.63, 3.8) is 0 Å². The molecule has 11 aromatic rings. The second-order valence-corrected chi connectivity index (χ2v) is 13.6. The SMILES string of the molecule is CN1C(n2c3ccccc3c3cc4c5ccccc5n5c6ccc7ccccc7c6c(c32)c45)=Nc2c(oc3ccccc23)C1c1ccccc1. The van der Waals surface area contributed by atoms with Gasteiger partial charge in [-0.2, -0.15) is 0 Å². The summed E-state index contributed by atoms with van der Waals surface area (Å²) >= 11 is 0. The van der Waals surface area contributed by atoms with Crippen LogP contribution in [0.15, 0.2) is 155 Å². The van der Waals surface area contributed by atoms with Gasteiger partial charge in [-0.05, 0) is 52.7 Å². The van der Waals surface area contributed by atoms with Crippen LogP contribution in [0, 0.1) is 0 Å². The van der Waals surface area contributed by atoms with Crippen molar-refractivity contribution in [2.24, 2.45) is 4.99 Å². The van der Waals surface area contributed by atoms with Crippen molar-refractivity contribution in [1.82, 2.24) is 13.9 Å². The first-order chi connectivity index (χ1) is 24.8. The maximum atomic E-state index is 6.65. The topological polar surface area (TPSA) is 38.1 Å². The molecule has 5 heteroatoms. The lowest BCUT2D eigenvalue weighted by Crippen LogP contribution is -2.38. The normalized spacial score (nSPS) is 15.2. The van der Waals surface area contributed by atoms with Crippen LogP contribution in [0.4, 0.5) is 5.69 Å². The number of hydrogen-bond donors (Lipinski definition) is 0. The zero-order chi connectivity index (χ0) is 32.7. The first-order valence-electron chi connectivity index (χ1n) is 17.2. The maximum absolute atomic E-state index is 6.65. The Bertz CT molecular complexity index is 3230. The van der Waals surface area contributed by atoms with Crippen LogP contribution >= 0.6 is 0 Å². The Labute approximate surface area is 285 Å². The van der Waals surface area contributed by atoms with Crippen molar-refractivity contribution in [2.45, 2.75) is 6.04 Å². The number of para-hydroxylation sites is 3. The van der Waals surface area contributed by atoms with Crippen molar-refractivity contribution < 1.29 is 4.42 Å². The highest BCUT2D eigenvalue weighted by molar-refractivity contribution is 6.38. The number of hydrogen-bond acceptors (Lipinski definition) is 3. The van der Waals surface area contributed by atoms with Crippen LogP contribution in [0.1, 0.15) is 17.4 Å². The molecule has 1 atom stereocenters. The maximum Gasteiger partial charge on any atom is 0.211 e. The Kier molecular flexibility index (Phi) is 4.91. The van der Waals surface area contributed by atoms with E-state index in [0.29, 0.717) is 0 Å². The van der Waals surface area contributed by atoms with Gasteiger partial charge in [0.15, 0.2) is 5.76 Å². The standard InChI is InChI=1S/C45H28N4O/c1-47-41(27-14-3-2-4-15-27)44-40(31-19-9-12-22-37(31)50-44)46-45(47)49-35-21-11-8-18-30(35)33-25-32-29-17-7-10-20-34(29)48-36-24-23-26-13-5-6-16-28(26)38(36)39(42(32)48)43(33)49/h2-25,41H,1H3. The van der Waals surface area contributed by atoms with Crippen molar-refractivity contribution in [2.75, 3.05) is 7.05 Å². The minimum atomic E-state index is -0.167. The second-order valence-electron chi connectivity index (χ2n) is 13.6. The predicted molar refractivity (Wildman–Crippen MR) is 206 cm³/mol. The fourth-order valence-corrected chi connectivity index (χ4v) is 9.01. The molecule has 5 heterocycles. The Morgan fingerprint density at radius 2 is 1.20 bits per heavy atom. The number of nitrogens with zero attached hydrogens (tertiary/aromatic N) is 4. The van der Waals surface area contributed by atoms with E-state index in [1.54, 1.807) is 0 Å². The second kappa shape index (κ2) is 9.30. The Morgan fingerprint density at radius 3 is 2.04 bits per heavy atom. The van der Waals surface area contributed by atoms with Gasteiger partial charge in [-0.15, -0.1) is 0 Å². The fourth-order valence-electron chi connectivity index (χ4n) is 9.01. The molecule has 0 saturated carbocycles. The minimum Gasteiger partial charge on any atom is -0.456 e. The van der Waals surface area contributed by atoms with Crippen LogP contribution in [0.25, 0.3) is 81.6 Å². The third kappa shape index (κ3) is 3.15. The van der Waals surface area contributed by atoms with Gasteiger partial charge in [0.1, 0.15) is 17.3 Å². The first-order valence-corrected chi connectivity index (χ1v) is 17.2. The summed E-state index contributed by atoms with van der Waals surface area (Å²) in [5.74, 6) is 1.74.